The highest BCUT2D eigenvalue weighted by Crippen LogP contribution is 2.18. The zero-order valence-corrected chi connectivity index (χ0v) is 12.8. The molecule has 1 aliphatic heterocycles. The van der Waals surface area contributed by atoms with E-state index in [0.29, 0.717) is 29.0 Å². The molecule has 0 atom stereocenters. The van der Waals surface area contributed by atoms with Gasteiger partial charge in [-0.25, -0.2) is 4.39 Å². The van der Waals surface area contributed by atoms with Crippen molar-refractivity contribution in [2.45, 2.75) is 0 Å². The van der Waals surface area contributed by atoms with Crippen molar-refractivity contribution in [2.24, 2.45) is 0 Å². The lowest BCUT2D eigenvalue weighted by atomic mass is 10.1. The molecule has 1 fully saturated rings. The Morgan fingerprint density at radius 3 is 2.58 bits per heavy atom. The number of nitrogens with zero attached hydrogens (tertiary/aromatic N) is 2. The molecule has 1 aromatic rings. The molecule has 2 rings (SSSR count). The fourth-order valence-corrected chi connectivity index (χ4v) is 2.59. The van der Waals surface area contributed by atoms with Crippen LogP contribution in [-0.4, -0.2) is 54.3 Å². The van der Waals surface area contributed by atoms with Crippen LogP contribution in [-0.2, 0) is 0 Å². The Hall–Kier alpha value is -0.650. The molecule has 1 aromatic carbocycles. The fraction of sp³-hybridized carbons (Fsp3) is 0.462. The minimum Gasteiger partial charge on any atom is -0.336 e. The van der Waals surface area contributed by atoms with Crippen LogP contribution in [0.15, 0.2) is 22.7 Å². The van der Waals surface area contributed by atoms with Crippen molar-refractivity contribution in [1.29, 1.82) is 0 Å². The number of hydrogen-bond donors (Lipinski definition) is 0. The zero-order chi connectivity index (χ0) is 13.8. The third-order valence-electron chi connectivity index (χ3n) is 3.23. The maximum absolute atomic E-state index is 13.4. The van der Waals surface area contributed by atoms with Gasteiger partial charge in [0, 0.05) is 44.2 Å². The highest BCUT2D eigenvalue weighted by Gasteiger charge is 2.22. The summed E-state index contributed by atoms with van der Waals surface area (Å²) in [5.41, 5.74) is 0.395. The smallest absolute Gasteiger partial charge is 0.254 e. The predicted octanol–water partition coefficient (Wildman–Crippen LogP) is 2.58. The van der Waals surface area contributed by atoms with E-state index in [-0.39, 0.29) is 5.91 Å². The Morgan fingerprint density at radius 1 is 1.32 bits per heavy atom. The predicted molar refractivity (Wildman–Crippen MR) is 77.2 cm³/mol. The van der Waals surface area contributed by atoms with Crippen LogP contribution in [0.2, 0.25) is 0 Å². The monoisotopic (exact) mass is 348 g/mol. The van der Waals surface area contributed by atoms with Gasteiger partial charge >= 0.3 is 0 Å². The first kappa shape index (κ1) is 14.8. The highest BCUT2D eigenvalue weighted by molar-refractivity contribution is 9.10. The summed E-state index contributed by atoms with van der Waals surface area (Å²) in [6.07, 6.45) is 0. The van der Waals surface area contributed by atoms with E-state index in [0.717, 1.165) is 19.6 Å². The van der Waals surface area contributed by atoms with Crippen LogP contribution in [0.25, 0.3) is 0 Å². The summed E-state index contributed by atoms with van der Waals surface area (Å²) in [5, 5.41) is 0. The van der Waals surface area contributed by atoms with Crippen molar-refractivity contribution < 1.29 is 9.18 Å². The van der Waals surface area contributed by atoms with Gasteiger partial charge in [-0.05, 0) is 34.1 Å². The van der Waals surface area contributed by atoms with Crippen molar-refractivity contribution >= 4 is 33.4 Å². The zero-order valence-electron chi connectivity index (χ0n) is 10.4. The quantitative estimate of drug-likeness (QED) is 0.783. The summed E-state index contributed by atoms with van der Waals surface area (Å²) < 4.78 is 13.8. The lowest BCUT2D eigenvalue weighted by Crippen LogP contribution is -2.49. The van der Waals surface area contributed by atoms with Crippen LogP contribution in [0.1, 0.15) is 10.4 Å². The fourth-order valence-electron chi connectivity index (χ4n) is 2.11. The molecular formula is C13H15BrClFN2O. The summed E-state index contributed by atoms with van der Waals surface area (Å²) in [6.45, 7) is 3.80. The van der Waals surface area contributed by atoms with E-state index in [2.05, 4.69) is 20.8 Å². The average molecular weight is 350 g/mol. The molecular weight excluding hydrogens is 335 g/mol. The second-order valence-corrected chi connectivity index (χ2v) is 5.68. The first-order valence-electron chi connectivity index (χ1n) is 6.14. The molecule has 0 N–H and O–H groups in total. The normalized spacial score (nSPS) is 16.7. The van der Waals surface area contributed by atoms with E-state index in [9.17, 15) is 9.18 Å². The summed E-state index contributed by atoms with van der Waals surface area (Å²) in [6, 6.07) is 4.48. The number of amides is 1. The molecule has 0 saturated carbocycles. The van der Waals surface area contributed by atoms with Crippen LogP contribution in [0.5, 0.6) is 0 Å². The lowest BCUT2D eigenvalue weighted by molar-refractivity contribution is 0.0644. The summed E-state index contributed by atoms with van der Waals surface area (Å²) in [7, 11) is 0. The number of hydrogen-bond acceptors (Lipinski definition) is 2. The van der Waals surface area contributed by atoms with Gasteiger partial charge in [0.1, 0.15) is 5.82 Å². The number of alkyl halides is 1. The van der Waals surface area contributed by atoms with Crippen LogP contribution >= 0.6 is 27.5 Å². The van der Waals surface area contributed by atoms with Gasteiger partial charge in [0.2, 0.25) is 0 Å². The number of carbonyl (C=O) groups is 1. The molecule has 6 heteroatoms. The number of halogens is 3. The standard InChI is InChI=1S/C13H15BrClFN2O/c14-11-2-1-10(9-12(11)16)13(19)18-7-5-17(4-3-15)6-8-18/h1-2,9H,3-8H2. The topological polar surface area (TPSA) is 23.6 Å². The van der Waals surface area contributed by atoms with Crippen LogP contribution in [0.4, 0.5) is 4.39 Å². The van der Waals surface area contributed by atoms with E-state index in [1.807, 2.05) is 0 Å². The van der Waals surface area contributed by atoms with Crippen LogP contribution < -0.4 is 0 Å². The second kappa shape index (κ2) is 6.68. The van der Waals surface area contributed by atoms with Gasteiger partial charge in [-0.1, -0.05) is 0 Å². The van der Waals surface area contributed by atoms with Gasteiger partial charge in [-0.3, -0.25) is 9.69 Å². The maximum atomic E-state index is 13.4. The molecule has 0 aromatic heterocycles. The Kier molecular flexibility index (Phi) is 5.19. The maximum Gasteiger partial charge on any atom is 0.254 e. The summed E-state index contributed by atoms with van der Waals surface area (Å²) >= 11 is 8.77. The van der Waals surface area contributed by atoms with Crippen molar-refractivity contribution in [3.8, 4) is 0 Å². The molecule has 0 spiro atoms. The SMILES string of the molecule is O=C(c1ccc(Br)c(F)c1)N1CCN(CCCl)CC1. The van der Waals surface area contributed by atoms with Gasteiger partial charge in [0.05, 0.1) is 4.47 Å². The Morgan fingerprint density at radius 2 is 2.00 bits per heavy atom. The van der Waals surface area contributed by atoms with Gasteiger partial charge in [0.25, 0.3) is 5.91 Å². The van der Waals surface area contributed by atoms with Crippen molar-refractivity contribution in [2.75, 3.05) is 38.6 Å². The molecule has 0 unspecified atom stereocenters. The molecule has 1 saturated heterocycles. The van der Waals surface area contributed by atoms with Gasteiger partial charge < -0.3 is 4.90 Å². The molecule has 104 valence electrons. The molecule has 3 nitrogen and oxygen atoms in total. The molecule has 19 heavy (non-hydrogen) atoms. The highest BCUT2D eigenvalue weighted by atomic mass is 79.9. The largest absolute Gasteiger partial charge is 0.336 e. The van der Waals surface area contributed by atoms with Crippen molar-refractivity contribution in [1.82, 2.24) is 9.80 Å². The van der Waals surface area contributed by atoms with E-state index in [1.54, 1.807) is 17.0 Å². The minimum atomic E-state index is -0.411. The molecule has 1 aliphatic rings. The molecule has 1 amide bonds. The average Bonchev–Trinajstić information content (AvgIpc) is 2.42. The minimum absolute atomic E-state index is 0.114. The van der Waals surface area contributed by atoms with E-state index in [4.69, 9.17) is 11.6 Å². The first-order valence-corrected chi connectivity index (χ1v) is 7.47. The number of benzene rings is 1. The van der Waals surface area contributed by atoms with E-state index in [1.165, 1.54) is 6.07 Å². The summed E-state index contributed by atoms with van der Waals surface area (Å²) in [4.78, 5) is 16.2. The Balaban J connectivity index is 1.99. The molecule has 0 radical (unpaired) electrons. The van der Waals surface area contributed by atoms with Crippen LogP contribution in [0, 0.1) is 5.82 Å². The van der Waals surface area contributed by atoms with Gasteiger partial charge in [0.15, 0.2) is 0 Å². The number of carbonyl (C=O) groups excluding carboxylic acids is 1. The van der Waals surface area contributed by atoms with Crippen molar-refractivity contribution in [3.63, 3.8) is 0 Å². The summed E-state index contributed by atoms with van der Waals surface area (Å²) in [5.74, 6) is 0.0786. The molecule has 1 heterocycles. The number of piperazine rings is 1. The van der Waals surface area contributed by atoms with Gasteiger partial charge in [-0.15, -0.1) is 11.6 Å². The Labute approximate surface area is 125 Å². The molecule has 0 bridgehead atoms. The number of rotatable bonds is 3. The van der Waals surface area contributed by atoms with Crippen molar-refractivity contribution in [3.05, 3.63) is 34.1 Å². The van der Waals surface area contributed by atoms with Gasteiger partial charge in [-0.2, -0.15) is 0 Å². The second-order valence-electron chi connectivity index (χ2n) is 4.45. The molecule has 0 aliphatic carbocycles. The Bertz CT molecular complexity index is 464. The third-order valence-corrected chi connectivity index (χ3v) is 4.04. The lowest BCUT2D eigenvalue weighted by Gasteiger charge is -2.34. The first-order chi connectivity index (χ1) is 9.11. The van der Waals surface area contributed by atoms with E-state index < -0.39 is 5.82 Å². The van der Waals surface area contributed by atoms with Crippen LogP contribution in [0.3, 0.4) is 0 Å². The third kappa shape index (κ3) is 3.68. The van der Waals surface area contributed by atoms with E-state index >= 15 is 0 Å².